The number of benzene rings is 1. The average Bonchev–Trinajstić information content (AvgIpc) is 3.79. The number of likely N-dealkylation sites (N-methyl/N-ethyl adjacent to an activating group) is 1. The number of fused-ring (bicyclic) bond motifs is 1. The first-order valence-electron chi connectivity index (χ1n) is 16.0. The van der Waals surface area contributed by atoms with Crippen molar-refractivity contribution in [1.82, 2.24) is 35.8 Å². The van der Waals surface area contributed by atoms with Crippen LogP contribution in [0.25, 0.3) is 5.70 Å². The van der Waals surface area contributed by atoms with Crippen molar-refractivity contribution in [2.45, 2.75) is 50.1 Å². The first-order chi connectivity index (χ1) is 24.6. The van der Waals surface area contributed by atoms with Gasteiger partial charge in [-0.15, -0.1) is 23.1 Å². The molecule has 0 radical (unpaired) electrons. The van der Waals surface area contributed by atoms with Gasteiger partial charge in [0.1, 0.15) is 23.7 Å². The average molecular weight is 797 g/mol. The molecule has 3 aliphatic heterocycles. The van der Waals surface area contributed by atoms with Crippen LogP contribution in [-0.4, -0.2) is 119 Å². The number of likely N-dealkylation sites (tertiary alicyclic amines) is 1. The predicted octanol–water partition coefficient (Wildman–Crippen LogP) is -2.87. The van der Waals surface area contributed by atoms with E-state index < -0.39 is 46.3 Å². The van der Waals surface area contributed by atoms with Crippen LogP contribution in [-0.2, 0) is 19.2 Å². The zero-order chi connectivity index (χ0) is 37.5. The molecule has 276 valence electrons. The first-order valence-corrected chi connectivity index (χ1v) is 18.3. The molecule has 5 N–H and O–H groups in total. The molecular weight excluding hydrogens is 763 g/mol. The monoisotopic (exact) mass is 796 g/mol. The Kier molecular flexibility index (Phi) is 12.1. The Morgan fingerprint density at radius 1 is 1.26 bits per heavy atom. The fourth-order valence-electron chi connectivity index (χ4n) is 6.27. The number of Topliss-reactive ketones (excluding diaryl/α,β-unsaturated/α-hetero) is 1. The second-order valence-corrected chi connectivity index (χ2v) is 15.9. The number of phenolic OH excluding ortho intramolecular Hbond substituents is 2. The molecule has 53 heavy (non-hydrogen) atoms. The number of quaternary nitrogens is 1. The largest absolute Gasteiger partial charge is 1.00 e. The van der Waals surface area contributed by atoms with Crippen molar-refractivity contribution < 1.29 is 73.4 Å². The number of piperidine rings is 1. The number of nitrogens with two attached hydrogens (primary N) is 1. The van der Waals surface area contributed by atoms with Crippen molar-refractivity contribution >= 4 is 74.8 Å². The maximum Gasteiger partial charge on any atom is 1.00 e. The minimum atomic E-state index is -1.87. The molecule has 5 heterocycles. The number of hydrogen-bond donors (Lipinski definition) is 4. The SMILES string of the molecule is CC(C)(O/N=C(\C(=O)N[C@@H]1C(=O)N2C(c3nnn[n-]3)=C(C[N+]3(C)CCC(CC(=O)c4ccc(O)c(O)c4Cl)CC3)CS[C@H]12)c1csc(N)n1)C(=O)[O-].[Na+]. The van der Waals surface area contributed by atoms with E-state index in [-0.39, 0.29) is 80.6 Å². The maximum atomic E-state index is 13.8. The van der Waals surface area contributed by atoms with Gasteiger partial charge in [0.15, 0.2) is 33.7 Å². The molecule has 0 spiro atoms. The molecule has 0 saturated carbocycles. The third-order valence-corrected chi connectivity index (χ3v) is 11.7. The summed E-state index contributed by atoms with van der Waals surface area (Å²) in [5.41, 5.74) is 5.09. The Balaban J connectivity index is 0.00000541. The first kappa shape index (κ1) is 40.4. The number of hydrogen-bond acceptors (Lipinski definition) is 16. The molecule has 1 aromatic carbocycles. The summed E-state index contributed by atoms with van der Waals surface area (Å²) in [4.78, 5) is 62.5. The Hall–Kier alpha value is -3.79. The van der Waals surface area contributed by atoms with Gasteiger partial charge in [0.25, 0.3) is 11.8 Å². The number of thioether (sulfide) groups is 1. The Bertz CT molecular complexity index is 1980. The van der Waals surface area contributed by atoms with Gasteiger partial charge in [0.2, 0.25) is 0 Å². The van der Waals surface area contributed by atoms with Crippen LogP contribution in [0.4, 0.5) is 5.13 Å². The number of β-lactam (4-membered cyclic amide) rings is 1. The third kappa shape index (κ3) is 8.32. The number of oxime groups is 1. The van der Waals surface area contributed by atoms with E-state index in [9.17, 15) is 34.5 Å². The van der Waals surface area contributed by atoms with Crippen molar-refractivity contribution in [3.63, 3.8) is 0 Å². The molecule has 22 heteroatoms. The number of tetrazole rings is 1. The molecule has 2 atom stereocenters. The number of aromatic nitrogens is 5. The summed E-state index contributed by atoms with van der Waals surface area (Å²) in [6.45, 7) is 4.44. The van der Waals surface area contributed by atoms with E-state index in [4.69, 9.17) is 22.2 Å². The van der Waals surface area contributed by atoms with Crippen LogP contribution in [0.2, 0.25) is 5.02 Å². The molecule has 2 saturated heterocycles. The van der Waals surface area contributed by atoms with Gasteiger partial charge >= 0.3 is 29.6 Å². The van der Waals surface area contributed by atoms with Crippen molar-refractivity contribution in [3.05, 3.63) is 45.2 Å². The molecule has 2 aromatic heterocycles. The van der Waals surface area contributed by atoms with E-state index in [0.717, 1.165) is 42.8 Å². The quantitative estimate of drug-likeness (QED) is 0.0273. The molecule has 6 rings (SSSR count). The van der Waals surface area contributed by atoms with Gasteiger partial charge in [0.05, 0.1) is 42.7 Å². The van der Waals surface area contributed by atoms with E-state index in [1.165, 1.54) is 48.0 Å². The molecule has 0 bridgehead atoms. The van der Waals surface area contributed by atoms with E-state index in [2.05, 4.69) is 43.1 Å². The number of amides is 2. The Labute approximate surface area is 338 Å². The number of aromatic hydroxyl groups is 2. The van der Waals surface area contributed by atoms with E-state index in [0.29, 0.717) is 22.5 Å². The predicted molar refractivity (Wildman–Crippen MR) is 186 cm³/mol. The van der Waals surface area contributed by atoms with Crippen LogP contribution in [0, 0.1) is 5.92 Å². The second kappa shape index (κ2) is 15.9. The number of nitrogens with zero attached hydrogens (tertiary/aromatic N) is 8. The zero-order valence-corrected chi connectivity index (χ0v) is 33.5. The summed E-state index contributed by atoms with van der Waals surface area (Å²) < 4.78 is 0.623. The summed E-state index contributed by atoms with van der Waals surface area (Å²) in [7, 11) is 2.10. The number of nitrogen functional groups attached to an aromatic ring is 1. The van der Waals surface area contributed by atoms with E-state index >= 15 is 0 Å². The smallest absolute Gasteiger partial charge is 0.546 e. The van der Waals surface area contributed by atoms with E-state index in [1.54, 1.807) is 0 Å². The summed E-state index contributed by atoms with van der Waals surface area (Å²) in [5.74, 6) is -3.20. The number of nitrogens with one attached hydrogen (secondary N) is 1. The number of anilines is 1. The molecule has 0 aliphatic carbocycles. The van der Waals surface area contributed by atoms with Crippen LogP contribution in [0.15, 0.2) is 28.2 Å². The second-order valence-electron chi connectivity index (χ2n) is 13.5. The molecule has 2 amide bonds. The number of thiazole rings is 1. The van der Waals surface area contributed by atoms with Gasteiger partial charge in [-0.2, -0.15) is 5.21 Å². The van der Waals surface area contributed by atoms with Gasteiger partial charge in [0, 0.05) is 41.5 Å². The van der Waals surface area contributed by atoms with Gasteiger partial charge in [-0.1, -0.05) is 16.8 Å². The number of phenols is 2. The van der Waals surface area contributed by atoms with Gasteiger partial charge in [-0.25, -0.2) is 4.98 Å². The zero-order valence-electron chi connectivity index (χ0n) is 29.1. The van der Waals surface area contributed by atoms with Crippen molar-refractivity contribution in [2.24, 2.45) is 11.1 Å². The van der Waals surface area contributed by atoms with Crippen molar-refractivity contribution in [1.29, 1.82) is 0 Å². The summed E-state index contributed by atoms with van der Waals surface area (Å²) in [5, 5.41) is 53.8. The molecule has 3 aromatic rings. The summed E-state index contributed by atoms with van der Waals surface area (Å²) in [6, 6.07) is 1.67. The van der Waals surface area contributed by atoms with Crippen LogP contribution in [0.3, 0.4) is 0 Å². The topological polar surface area (TPSA) is 260 Å². The fraction of sp³-hybridized carbons (Fsp3) is 0.452. The Morgan fingerprint density at radius 2 is 1.98 bits per heavy atom. The number of ketones is 1. The van der Waals surface area contributed by atoms with Crippen molar-refractivity contribution in [3.8, 4) is 11.5 Å². The van der Waals surface area contributed by atoms with E-state index in [1.807, 2.05) is 0 Å². The maximum absolute atomic E-state index is 13.8. The minimum Gasteiger partial charge on any atom is -0.546 e. The molecular formula is C31H34ClN10NaO8S2. The molecule has 2 fully saturated rings. The van der Waals surface area contributed by atoms with Crippen LogP contribution in [0.1, 0.15) is 55.0 Å². The molecule has 0 unspecified atom stereocenters. The van der Waals surface area contributed by atoms with Crippen LogP contribution < -0.4 is 50.8 Å². The number of carboxylic acids is 1. The normalized spacial score (nSPS) is 23.1. The summed E-state index contributed by atoms with van der Waals surface area (Å²) >= 11 is 8.61. The van der Waals surface area contributed by atoms with Gasteiger partial charge in [-0.05, 0) is 31.9 Å². The van der Waals surface area contributed by atoms with Gasteiger partial charge in [-0.3, -0.25) is 29.6 Å². The number of carbonyl (C=O) groups excluding carboxylic acids is 4. The number of carbonyl (C=O) groups is 4. The van der Waals surface area contributed by atoms with Crippen molar-refractivity contribution in [2.75, 3.05) is 38.2 Å². The summed E-state index contributed by atoms with van der Waals surface area (Å²) in [6.07, 6.45) is 1.73. The van der Waals surface area contributed by atoms with Crippen LogP contribution >= 0.6 is 34.7 Å². The van der Waals surface area contributed by atoms with Gasteiger partial charge < -0.3 is 45.6 Å². The Morgan fingerprint density at radius 3 is 2.60 bits per heavy atom. The standard InChI is InChI=1S/C31H35ClN10O8S2.Na/c1-31(2,29(48)49)50-38-21(17-13-52-30(33)34-17)26(46)35-22-27(47)41-23(25-36-39-40-37-25)15(12-51-28(22)41)11-42(3)8-6-14(7-9-42)10-19(44)16-4-5-18(43)24(45)20(16)32;/h4-5,13-14,22,28H,6-12H2,1-3H3,(H6-,33,34,35,36,37,38,39,40,43,44,45,46,48,49);/q;+1/p-1/t14?,22-,28-,42?;/m1./s1. The third-order valence-electron chi connectivity index (χ3n) is 9.30. The number of aliphatic carboxylic acids is 1. The number of halogens is 1. The number of rotatable bonds is 12. The van der Waals surface area contributed by atoms with Crippen LogP contribution in [0.5, 0.6) is 11.5 Å². The molecule has 3 aliphatic rings. The molecule has 18 nitrogen and oxygen atoms in total. The fourth-order valence-corrected chi connectivity index (χ4v) is 8.42. The minimum absolute atomic E-state index is 0. The number of carboxylic acid groups (broad SMARTS) is 1.